The number of pyridine rings is 1. The van der Waals surface area contributed by atoms with Crippen LogP contribution < -0.4 is 18.9 Å². The number of aromatic nitrogens is 1. The molecule has 35 heavy (non-hydrogen) atoms. The molecular formula is C27H22N2O5S. The summed E-state index contributed by atoms with van der Waals surface area (Å²) < 4.78 is 45.3. The van der Waals surface area contributed by atoms with Gasteiger partial charge in [-0.1, -0.05) is 30.3 Å². The van der Waals surface area contributed by atoms with Gasteiger partial charge in [0.2, 0.25) is 0 Å². The van der Waals surface area contributed by atoms with Crippen molar-refractivity contribution in [2.45, 2.75) is 4.90 Å². The van der Waals surface area contributed by atoms with Crippen molar-refractivity contribution in [3.63, 3.8) is 0 Å². The van der Waals surface area contributed by atoms with E-state index in [1.54, 1.807) is 81.1 Å². The van der Waals surface area contributed by atoms with Crippen molar-refractivity contribution in [2.24, 2.45) is 0 Å². The zero-order valence-corrected chi connectivity index (χ0v) is 19.9. The fourth-order valence-corrected chi connectivity index (χ4v) is 4.98. The Kier molecular flexibility index (Phi) is 5.88. The third-order valence-electron chi connectivity index (χ3n) is 5.58. The standard InChI is InChI=1S/C27H22N2O5S/c1-32-26-16-22-24(17-27(26)33-2)28-14-13-25(22)34-19-11-12-21-18(15-19)7-6-10-23(21)29-35(30,31)20-8-4-3-5-9-20/h3-17,29H,1-2H3. The first-order valence-corrected chi connectivity index (χ1v) is 12.3. The predicted molar refractivity (Wildman–Crippen MR) is 136 cm³/mol. The second-order valence-corrected chi connectivity index (χ2v) is 9.42. The summed E-state index contributed by atoms with van der Waals surface area (Å²) in [6, 6.07) is 24.6. The van der Waals surface area contributed by atoms with Crippen LogP contribution in [0.25, 0.3) is 21.7 Å². The first kappa shape index (κ1) is 22.5. The normalized spacial score (nSPS) is 11.4. The van der Waals surface area contributed by atoms with Crippen molar-refractivity contribution in [3.05, 3.63) is 91.1 Å². The summed E-state index contributed by atoms with van der Waals surface area (Å²) in [4.78, 5) is 4.61. The Morgan fingerprint density at radius 2 is 1.51 bits per heavy atom. The molecule has 1 N–H and O–H groups in total. The summed E-state index contributed by atoms with van der Waals surface area (Å²) in [5.74, 6) is 2.37. The number of benzene rings is 4. The minimum Gasteiger partial charge on any atom is -0.493 e. The maximum Gasteiger partial charge on any atom is 0.261 e. The molecule has 4 aromatic carbocycles. The summed E-state index contributed by atoms with van der Waals surface area (Å²) in [7, 11) is -0.557. The van der Waals surface area contributed by atoms with Gasteiger partial charge in [0.1, 0.15) is 11.5 Å². The van der Waals surface area contributed by atoms with Crippen molar-refractivity contribution < 1.29 is 22.6 Å². The van der Waals surface area contributed by atoms with Crippen LogP contribution in [0.1, 0.15) is 0 Å². The third-order valence-corrected chi connectivity index (χ3v) is 6.97. The molecule has 5 rings (SSSR count). The lowest BCUT2D eigenvalue weighted by Gasteiger charge is -2.14. The summed E-state index contributed by atoms with van der Waals surface area (Å²) >= 11 is 0. The number of hydrogen-bond acceptors (Lipinski definition) is 6. The number of methoxy groups -OCH3 is 2. The molecule has 0 spiro atoms. The second-order valence-electron chi connectivity index (χ2n) is 7.74. The molecule has 1 heterocycles. The van der Waals surface area contributed by atoms with Gasteiger partial charge < -0.3 is 14.2 Å². The van der Waals surface area contributed by atoms with Crippen LogP contribution in [0.2, 0.25) is 0 Å². The number of nitrogens with one attached hydrogen (secondary N) is 1. The lowest BCUT2D eigenvalue weighted by atomic mass is 10.1. The fraction of sp³-hybridized carbons (Fsp3) is 0.0741. The maximum absolute atomic E-state index is 12.8. The minimum absolute atomic E-state index is 0.202. The molecule has 1 aromatic heterocycles. The summed E-state index contributed by atoms with van der Waals surface area (Å²) in [5, 5.41) is 2.35. The van der Waals surface area contributed by atoms with E-state index in [0.717, 1.165) is 16.2 Å². The van der Waals surface area contributed by atoms with E-state index in [0.29, 0.717) is 34.2 Å². The van der Waals surface area contributed by atoms with Gasteiger partial charge in [0.05, 0.1) is 30.3 Å². The van der Waals surface area contributed by atoms with Crippen molar-refractivity contribution in [1.82, 2.24) is 4.98 Å². The quantitative estimate of drug-likeness (QED) is 0.304. The molecule has 0 amide bonds. The van der Waals surface area contributed by atoms with E-state index in [4.69, 9.17) is 14.2 Å². The molecule has 0 aliphatic carbocycles. The molecule has 0 saturated heterocycles. The topological polar surface area (TPSA) is 86.8 Å². The molecule has 0 atom stereocenters. The van der Waals surface area contributed by atoms with E-state index in [2.05, 4.69) is 9.71 Å². The second kappa shape index (κ2) is 9.15. The van der Waals surface area contributed by atoms with Crippen LogP contribution in [0.3, 0.4) is 0 Å². The van der Waals surface area contributed by atoms with Crippen LogP contribution in [0.15, 0.2) is 96.0 Å². The van der Waals surface area contributed by atoms with Crippen LogP contribution in [0.5, 0.6) is 23.0 Å². The average molecular weight is 487 g/mol. The molecule has 5 aromatic rings. The molecule has 176 valence electrons. The summed E-state index contributed by atoms with van der Waals surface area (Å²) in [5.41, 5.74) is 1.20. The Morgan fingerprint density at radius 1 is 0.743 bits per heavy atom. The van der Waals surface area contributed by atoms with E-state index < -0.39 is 10.0 Å². The Hall–Kier alpha value is -4.30. The van der Waals surface area contributed by atoms with Gasteiger partial charge in [-0.05, 0) is 53.9 Å². The Bertz CT molecular complexity index is 1640. The van der Waals surface area contributed by atoms with Crippen LogP contribution in [-0.4, -0.2) is 27.6 Å². The van der Waals surface area contributed by atoms with Crippen molar-refractivity contribution in [2.75, 3.05) is 18.9 Å². The zero-order valence-electron chi connectivity index (χ0n) is 19.1. The highest BCUT2D eigenvalue weighted by Crippen LogP contribution is 2.38. The third kappa shape index (κ3) is 4.43. The largest absolute Gasteiger partial charge is 0.493 e. The molecule has 8 heteroatoms. The van der Waals surface area contributed by atoms with Crippen LogP contribution in [-0.2, 0) is 10.0 Å². The molecular weight excluding hydrogens is 464 g/mol. The molecule has 0 aliphatic heterocycles. The van der Waals surface area contributed by atoms with Gasteiger partial charge in [-0.2, -0.15) is 0 Å². The Balaban J connectivity index is 1.49. The number of nitrogens with zero attached hydrogens (tertiary/aromatic N) is 1. The highest BCUT2D eigenvalue weighted by atomic mass is 32.2. The van der Waals surface area contributed by atoms with Gasteiger partial charge in [-0.3, -0.25) is 9.71 Å². The van der Waals surface area contributed by atoms with Gasteiger partial charge in [0.25, 0.3) is 10.0 Å². The van der Waals surface area contributed by atoms with E-state index in [1.165, 1.54) is 0 Å². The summed E-state index contributed by atoms with van der Waals surface area (Å²) in [6.07, 6.45) is 1.67. The fourth-order valence-electron chi connectivity index (χ4n) is 3.88. The van der Waals surface area contributed by atoms with Gasteiger partial charge in [-0.15, -0.1) is 0 Å². The number of anilines is 1. The molecule has 0 aliphatic rings. The highest BCUT2D eigenvalue weighted by Gasteiger charge is 2.16. The number of ether oxygens (including phenoxy) is 3. The molecule has 0 bridgehead atoms. The van der Waals surface area contributed by atoms with Crippen LogP contribution in [0, 0.1) is 0 Å². The van der Waals surface area contributed by atoms with Crippen LogP contribution >= 0.6 is 0 Å². The Labute approximate surface area is 203 Å². The van der Waals surface area contributed by atoms with E-state index in [1.807, 2.05) is 24.3 Å². The van der Waals surface area contributed by atoms with Gasteiger partial charge >= 0.3 is 0 Å². The van der Waals surface area contributed by atoms with Crippen LogP contribution in [0.4, 0.5) is 5.69 Å². The maximum atomic E-state index is 12.8. The van der Waals surface area contributed by atoms with Crippen molar-refractivity contribution >= 4 is 37.4 Å². The number of fused-ring (bicyclic) bond motifs is 2. The number of rotatable bonds is 7. The summed E-state index contributed by atoms with van der Waals surface area (Å²) in [6.45, 7) is 0. The van der Waals surface area contributed by atoms with E-state index in [-0.39, 0.29) is 4.90 Å². The lowest BCUT2D eigenvalue weighted by Crippen LogP contribution is -2.12. The number of hydrogen-bond donors (Lipinski definition) is 1. The molecule has 0 saturated carbocycles. The zero-order chi connectivity index (χ0) is 24.4. The first-order valence-electron chi connectivity index (χ1n) is 10.8. The highest BCUT2D eigenvalue weighted by molar-refractivity contribution is 7.92. The molecule has 0 unspecified atom stereocenters. The van der Waals surface area contributed by atoms with Gasteiger partial charge in [0, 0.05) is 23.0 Å². The number of sulfonamides is 1. The Morgan fingerprint density at radius 3 is 2.29 bits per heavy atom. The average Bonchev–Trinajstić information content (AvgIpc) is 2.88. The van der Waals surface area contributed by atoms with Gasteiger partial charge in [-0.25, -0.2) is 8.42 Å². The van der Waals surface area contributed by atoms with Crippen molar-refractivity contribution in [1.29, 1.82) is 0 Å². The SMILES string of the molecule is COc1cc2nccc(Oc3ccc4c(NS(=O)(=O)c5ccccc5)cccc4c3)c2cc1OC. The van der Waals surface area contributed by atoms with Crippen molar-refractivity contribution in [3.8, 4) is 23.0 Å². The van der Waals surface area contributed by atoms with E-state index in [9.17, 15) is 8.42 Å². The first-order chi connectivity index (χ1) is 17.0. The minimum atomic E-state index is -3.71. The smallest absolute Gasteiger partial charge is 0.261 e. The van der Waals surface area contributed by atoms with E-state index >= 15 is 0 Å². The van der Waals surface area contributed by atoms with Gasteiger partial charge in [0.15, 0.2) is 11.5 Å². The monoisotopic (exact) mass is 486 g/mol. The molecule has 7 nitrogen and oxygen atoms in total. The molecule has 0 fully saturated rings. The molecule has 0 radical (unpaired) electrons. The lowest BCUT2D eigenvalue weighted by molar-refractivity contribution is 0.355. The predicted octanol–water partition coefficient (Wildman–Crippen LogP) is 6.00.